The Hall–Kier alpha value is -1.03. The highest BCUT2D eigenvalue weighted by Gasteiger charge is 2.11. The molecule has 8 heteroatoms. The number of nitrogens with one attached hydrogen (secondary N) is 1. The number of nitrogens with two attached hydrogens (primary N) is 1. The maximum absolute atomic E-state index is 11.9. The van der Waals surface area contributed by atoms with Crippen LogP contribution in [0.5, 0.6) is 0 Å². The number of rotatable bonds is 13. The van der Waals surface area contributed by atoms with Crippen LogP contribution < -0.4 is 10.5 Å². The van der Waals surface area contributed by atoms with Crippen LogP contribution in [-0.4, -0.2) is 61.1 Å². The van der Waals surface area contributed by atoms with Crippen LogP contribution in [0, 0.1) is 0 Å². The Bertz CT molecular complexity index is 481. The highest BCUT2D eigenvalue weighted by atomic mass is 32.2. The van der Waals surface area contributed by atoms with Gasteiger partial charge in [-0.25, -0.2) is 13.1 Å². The van der Waals surface area contributed by atoms with Crippen LogP contribution in [0.4, 0.5) is 0 Å². The molecule has 0 fully saturated rings. The van der Waals surface area contributed by atoms with Crippen molar-refractivity contribution in [3.63, 3.8) is 0 Å². The van der Waals surface area contributed by atoms with E-state index < -0.39 is 10.0 Å². The van der Waals surface area contributed by atoms with Crippen molar-refractivity contribution in [1.29, 1.82) is 0 Å². The topological polar surface area (TPSA) is 99.9 Å². The second kappa shape index (κ2) is 11.5. The lowest BCUT2D eigenvalue weighted by atomic mass is 10.4. The zero-order valence-electron chi connectivity index (χ0n) is 12.6. The number of hydrogen-bond donors (Lipinski definition) is 2. The summed E-state index contributed by atoms with van der Waals surface area (Å²) >= 11 is 0. The first-order valence-electron chi connectivity index (χ1n) is 7.15. The fourth-order valence-corrected chi connectivity index (χ4v) is 2.59. The minimum atomic E-state index is -3.46. The fraction of sp³-hybridized carbons (Fsp3) is 0.571. The largest absolute Gasteiger partial charge is 0.378 e. The maximum atomic E-state index is 11.9. The van der Waals surface area contributed by atoms with Gasteiger partial charge in [0.25, 0.3) is 0 Å². The molecule has 0 aliphatic heterocycles. The summed E-state index contributed by atoms with van der Waals surface area (Å²) in [6, 6.07) is 8.22. The first-order valence-corrected chi connectivity index (χ1v) is 8.63. The number of ether oxygens (including phenoxy) is 3. The van der Waals surface area contributed by atoms with Gasteiger partial charge in [-0.3, -0.25) is 0 Å². The molecule has 7 nitrogen and oxygen atoms in total. The average Bonchev–Trinajstić information content (AvgIpc) is 2.53. The molecule has 0 saturated carbocycles. The van der Waals surface area contributed by atoms with E-state index in [0.29, 0.717) is 46.2 Å². The molecule has 3 N–H and O–H groups in total. The van der Waals surface area contributed by atoms with Gasteiger partial charge in [0.15, 0.2) is 0 Å². The molecule has 0 amide bonds. The molecular formula is C14H24N2O5S. The lowest BCUT2D eigenvalue weighted by Crippen LogP contribution is -2.27. The van der Waals surface area contributed by atoms with E-state index in [2.05, 4.69) is 4.72 Å². The van der Waals surface area contributed by atoms with E-state index in [4.69, 9.17) is 19.9 Å². The molecule has 0 aromatic heterocycles. The van der Waals surface area contributed by atoms with Gasteiger partial charge in [0.1, 0.15) is 0 Å². The van der Waals surface area contributed by atoms with E-state index in [1.165, 1.54) is 0 Å². The summed E-state index contributed by atoms with van der Waals surface area (Å²) in [5.41, 5.74) is 5.27. The van der Waals surface area contributed by atoms with E-state index in [-0.39, 0.29) is 11.4 Å². The molecule has 0 aliphatic carbocycles. The molecule has 126 valence electrons. The molecule has 1 rings (SSSR count). The Labute approximate surface area is 131 Å². The first kappa shape index (κ1) is 19.0. The molecule has 0 unspecified atom stereocenters. The zero-order chi connectivity index (χ0) is 16.1. The van der Waals surface area contributed by atoms with E-state index in [1.807, 2.05) is 0 Å². The SMILES string of the molecule is NCCOCCOCCOCCNS(=O)(=O)c1ccccc1. The summed E-state index contributed by atoms with van der Waals surface area (Å²) in [5, 5.41) is 0. The normalized spacial score (nSPS) is 11.7. The van der Waals surface area contributed by atoms with Crippen molar-refractivity contribution in [1.82, 2.24) is 4.72 Å². The molecule has 1 aromatic rings. The van der Waals surface area contributed by atoms with Crippen molar-refractivity contribution in [3.8, 4) is 0 Å². The van der Waals surface area contributed by atoms with E-state index in [1.54, 1.807) is 30.3 Å². The van der Waals surface area contributed by atoms with Gasteiger partial charge in [0.05, 0.1) is 44.5 Å². The van der Waals surface area contributed by atoms with Gasteiger partial charge in [-0.2, -0.15) is 0 Å². The highest BCUT2D eigenvalue weighted by Crippen LogP contribution is 2.06. The Morgan fingerprint density at radius 1 is 0.864 bits per heavy atom. The Morgan fingerprint density at radius 3 is 2.00 bits per heavy atom. The quantitative estimate of drug-likeness (QED) is 0.492. The van der Waals surface area contributed by atoms with Crippen LogP contribution in [0.3, 0.4) is 0 Å². The number of sulfonamides is 1. The number of benzene rings is 1. The smallest absolute Gasteiger partial charge is 0.240 e. The monoisotopic (exact) mass is 332 g/mol. The van der Waals surface area contributed by atoms with Crippen LogP contribution in [0.15, 0.2) is 35.2 Å². The predicted molar refractivity (Wildman–Crippen MR) is 83.1 cm³/mol. The highest BCUT2D eigenvalue weighted by molar-refractivity contribution is 7.89. The van der Waals surface area contributed by atoms with Crippen molar-refractivity contribution in [3.05, 3.63) is 30.3 Å². The second-order valence-corrected chi connectivity index (χ2v) is 6.10. The third kappa shape index (κ3) is 8.42. The Morgan fingerprint density at radius 2 is 1.41 bits per heavy atom. The minimum Gasteiger partial charge on any atom is -0.378 e. The summed E-state index contributed by atoms with van der Waals surface area (Å²) < 4.78 is 41.9. The lowest BCUT2D eigenvalue weighted by molar-refractivity contribution is 0.0171. The minimum absolute atomic E-state index is 0.219. The Balaban J connectivity index is 1.99. The molecule has 0 spiro atoms. The summed E-state index contributed by atoms with van der Waals surface area (Å²) in [6.45, 7) is 3.39. The molecule has 22 heavy (non-hydrogen) atoms. The van der Waals surface area contributed by atoms with Crippen LogP contribution in [-0.2, 0) is 24.2 Å². The molecule has 0 aliphatic rings. The van der Waals surface area contributed by atoms with Crippen molar-refractivity contribution >= 4 is 10.0 Å². The Kier molecular flexibility index (Phi) is 9.96. The van der Waals surface area contributed by atoms with Crippen LogP contribution in [0.25, 0.3) is 0 Å². The summed E-state index contributed by atoms with van der Waals surface area (Å²) in [6.07, 6.45) is 0. The van der Waals surface area contributed by atoms with Crippen molar-refractivity contribution in [2.24, 2.45) is 5.73 Å². The summed E-state index contributed by atoms with van der Waals surface area (Å²) in [5.74, 6) is 0. The molecule has 0 radical (unpaired) electrons. The molecule has 0 heterocycles. The van der Waals surface area contributed by atoms with Gasteiger partial charge in [-0.15, -0.1) is 0 Å². The maximum Gasteiger partial charge on any atom is 0.240 e. The van der Waals surface area contributed by atoms with E-state index in [0.717, 1.165) is 0 Å². The number of hydrogen-bond acceptors (Lipinski definition) is 6. The third-order valence-corrected chi connectivity index (χ3v) is 4.08. The molecule has 0 saturated heterocycles. The summed E-state index contributed by atoms with van der Waals surface area (Å²) in [7, 11) is -3.46. The van der Waals surface area contributed by atoms with Crippen LogP contribution >= 0.6 is 0 Å². The van der Waals surface area contributed by atoms with Crippen LogP contribution in [0.1, 0.15) is 0 Å². The molecule has 0 atom stereocenters. The second-order valence-electron chi connectivity index (χ2n) is 4.34. The molecule has 1 aromatic carbocycles. The van der Waals surface area contributed by atoms with Crippen molar-refractivity contribution in [2.75, 3.05) is 52.7 Å². The van der Waals surface area contributed by atoms with Crippen LogP contribution in [0.2, 0.25) is 0 Å². The van der Waals surface area contributed by atoms with Gasteiger partial charge in [0, 0.05) is 13.1 Å². The van der Waals surface area contributed by atoms with E-state index >= 15 is 0 Å². The van der Waals surface area contributed by atoms with Crippen molar-refractivity contribution in [2.45, 2.75) is 4.90 Å². The predicted octanol–water partition coefficient (Wildman–Crippen LogP) is -0.0266. The van der Waals surface area contributed by atoms with Gasteiger partial charge in [-0.1, -0.05) is 18.2 Å². The lowest BCUT2D eigenvalue weighted by Gasteiger charge is -2.08. The van der Waals surface area contributed by atoms with E-state index in [9.17, 15) is 8.42 Å². The standard InChI is InChI=1S/C14H24N2O5S/c15-6-8-19-10-12-21-13-11-20-9-7-16-22(17,18)14-4-2-1-3-5-14/h1-5,16H,6-13,15H2. The zero-order valence-corrected chi connectivity index (χ0v) is 13.4. The summed E-state index contributed by atoms with van der Waals surface area (Å²) in [4.78, 5) is 0.246. The van der Waals surface area contributed by atoms with Gasteiger partial charge in [0.2, 0.25) is 10.0 Å². The average molecular weight is 332 g/mol. The molecule has 0 bridgehead atoms. The van der Waals surface area contributed by atoms with Gasteiger partial charge < -0.3 is 19.9 Å². The third-order valence-electron chi connectivity index (χ3n) is 2.60. The first-order chi connectivity index (χ1) is 10.7. The van der Waals surface area contributed by atoms with Crippen molar-refractivity contribution < 1.29 is 22.6 Å². The van der Waals surface area contributed by atoms with Gasteiger partial charge >= 0.3 is 0 Å². The van der Waals surface area contributed by atoms with Gasteiger partial charge in [-0.05, 0) is 12.1 Å². The molecular weight excluding hydrogens is 308 g/mol. The fourth-order valence-electron chi connectivity index (χ4n) is 1.56.